The van der Waals surface area contributed by atoms with Gasteiger partial charge in [-0.3, -0.25) is 4.98 Å². The fourth-order valence-electron chi connectivity index (χ4n) is 1.99. The molecule has 1 aliphatic heterocycles. The van der Waals surface area contributed by atoms with E-state index in [2.05, 4.69) is 19.7 Å². The second kappa shape index (κ2) is 3.46. The fraction of sp³-hybridized carbons (Fsp3) is 0.364. The first-order chi connectivity index (χ1) is 7.45. The monoisotopic (exact) mass is 200 g/mol. The van der Waals surface area contributed by atoms with E-state index >= 15 is 0 Å². The summed E-state index contributed by atoms with van der Waals surface area (Å²) in [6, 6.07) is 5.87. The summed E-state index contributed by atoms with van der Waals surface area (Å²) in [4.78, 5) is 4.31. The van der Waals surface area contributed by atoms with Crippen LogP contribution >= 0.6 is 0 Å². The number of hydrogen-bond donors (Lipinski definition) is 0. The zero-order chi connectivity index (χ0) is 10.1. The van der Waals surface area contributed by atoms with Crippen molar-refractivity contribution in [3.8, 4) is 11.5 Å². The molecule has 0 saturated heterocycles. The molecular formula is C11H12N4. The number of pyridine rings is 1. The van der Waals surface area contributed by atoms with Crippen molar-refractivity contribution in [3.63, 3.8) is 0 Å². The van der Waals surface area contributed by atoms with Crippen LogP contribution in [-0.2, 0) is 13.0 Å². The third-order valence-corrected chi connectivity index (χ3v) is 2.75. The molecule has 2 aromatic rings. The zero-order valence-electron chi connectivity index (χ0n) is 8.43. The second-order valence-corrected chi connectivity index (χ2v) is 3.76. The van der Waals surface area contributed by atoms with E-state index < -0.39 is 0 Å². The molecule has 0 radical (unpaired) electrons. The van der Waals surface area contributed by atoms with Gasteiger partial charge in [0.1, 0.15) is 11.5 Å². The van der Waals surface area contributed by atoms with Crippen molar-refractivity contribution in [3.05, 3.63) is 30.2 Å². The average molecular weight is 200 g/mol. The minimum Gasteiger partial charge on any atom is -0.310 e. The van der Waals surface area contributed by atoms with Crippen molar-refractivity contribution in [1.29, 1.82) is 0 Å². The van der Waals surface area contributed by atoms with Crippen LogP contribution in [0.3, 0.4) is 0 Å². The Labute approximate surface area is 88.0 Å². The molecule has 0 amide bonds. The first-order valence-electron chi connectivity index (χ1n) is 5.28. The lowest BCUT2D eigenvalue weighted by Crippen LogP contribution is -2.11. The number of hydrogen-bond acceptors (Lipinski definition) is 3. The molecule has 4 nitrogen and oxygen atoms in total. The molecule has 0 saturated carbocycles. The summed E-state index contributed by atoms with van der Waals surface area (Å²) >= 11 is 0. The Morgan fingerprint density at radius 2 is 2.13 bits per heavy atom. The average Bonchev–Trinajstić information content (AvgIpc) is 2.74. The van der Waals surface area contributed by atoms with E-state index in [0.29, 0.717) is 0 Å². The molecule has 0 unspecified atom stereocenters. The van der Waals surface area contributed by atoms with Gasteiger partial charge in [0.2, 0.25) is 0 Å². The number of aromatic nitrogens is 4. The molecule has 4 heteroatoms. The van der Waals surface area contributed by atoms with Gasteiger partial charge in [-0.15, -0.1) is 10.2 Å². The number of nitrogens with zero attached hydrogens (tertiary/aromatic N) is 4. The number of rotatable bonds is 1. The topological polar surface area (TPSA) is 43.6 Å². The van der Waals surface area contributed by atoms with Gasteiger partial charge in [-0.2, -0.15) is 0 Å². The molecule has 2 aromatic heterocycles. The van der Waals surface area contributed by atoms with E-state index in [1.165, 1.54) is 12.8 Å². The lowest BCUT2D eigenvalue weighted by Gasteiger charge is -2.14. The Hall–Kier alpha value is -1.71. The van der Waals surface area contributed by atoms with E-state index in [1.54, 1.807) is 6.20 Å². The minimum absolute atomic E-state index is 0.908. The van der Waals surface area contributed by atoms with Crippen LogP contribution in [0.15, 0.2) is 24.4 Å². The Bertz CT molecular complexity index is 461. The van der Waals surface area contributed by atoms with Crippen LogP contribution in [-0.4, -0.2) is 19.7 Å². The SMILES string of the molecule is c1ccc(-c2nnc3n2CCCC3)nc1. The first kappa shape index (κ1) is 8.59. The molecule has 76 valence electrons. The van der Waals surface area contributed by atoms with Crippen LogP contribution in [0.25, 0.3) is 11.5 Å². The lowest BCUT2D eigenvalue weighted by molar-refractivity contribution is 0.525. The number of fused-ring (bicyclic) bond motifs is 1. The Balaban J connectivity index is 2.09. The van der Waals surface area contributed by atoms with Crippen LogP contribution < -0.4 is 0 Å². The molecular weight excluding hydrogens is 188 g/mol. The summed E-state index contributed by atoms with van der Waals surface area (Å²) in [5.41, 5.74) is 0.915. The summed E-state index contributed by atoms with van der Waals surface area (Å²) in [5, 5.41) is 8.42. The first-order valence-corrected chi connectivity index (χ1v) is 5.28. The second-order valence-electron chi connectivity index (χ2n) is 3.76. The Kier molecular flexibility index (Phi) is 1.98. The molecule has 15 heavy (non-hydrogen) atoms. The molecule has 0 aliphatic carbocycles. The molecule has 0 N–H and O–H groups in total. The van der Waals surface area contributed by atoms with E-state index in [4.69, 9.17) is 0 Å². The summed E-state index contributed by atoms with van der Waals surface area (Å²) in [7, 11) is 0. The van der Waals surface area contributed by atoms with E-state index in [-0.39, 0.29) is 0 Å². The van der Waals surface area contributed by atoms with Gasteiger partial charge in [0.25, 0.3) is 0 Å². The van der Waals surface area contributed by atoms with Crippen LogP contribution in [0, 0.1) is 0 Å². The smallest absolute Gasteiger partial charge is 0.182 e. The maximum absolute atomic E-state index is 4.31. The minimum atomic E-state index is 0.908. The highest BCUT2D eigenvalue weighted by Gasteiger charge is 2.16. The van der Waals surface area contributed by atoms with Crippen LogP contribution in [0.2, 0.25) is 0 Å². The summed E-state index contributed by atoms with van der Waals surface area (Å²) in [6.45, 7) is 1.02. The Morgan fingerprint density at radius 3 is 3.00 bits per heavy atom. The Morgan fingerprint density at radius 1 is 1.13 bits per heavy atom. The van der Waals surface area contributed by atoms with Gasteiger partial charge in [0, 0.05) is 19.2 Å². The molecule has 0 bridgehead atoms. The van der Waals surface area contributed by atoms with E-state index in [1.807, 2.05) is 18.2 Å². The number of aryl methyl sites for hydroxylation is 1. The lowest BCUT2D eigenvalue weighted by atomic mass is 10.1. The third kappa shape index (κ3) is 1.42. The maximum atomic E-state index is 4.31. The van der Waals surface area contributed by atoms with E-state index in [0.717, 1.165) is 30.3 Å². The quantitative estimate of drug-likeness (QED) is 0.703. The summed E-state index contributed by atoms with van der Waals surface area (Å²) in [6.07, 6.45) is 5.27. The van der Waals surface area contributed by atoms with Gasteiger partial charge in [0.05, 0.1) is 0 Å². The zero-order valence-corrected chi connectivity index (χ0v) is 8.43. The van der Waals surface area contributed by atoms with Gasteiger partial charge >= 0.3 is 0 Å². The molecule has 3 heterocycles. The molecule has 0 atom stereocenters. The molecule has 0 aromatic carbocycles. The molecule has 1 aliphatic rings. The summed E-state index contributed by atoms with van der Waals surface area (Å²) in [5.74, 6) is 2.01. The van der Waals surface area contributed by atoms with Crippen LogP contribution in [0.5, 0.6) is 0 Å². The largest absolute Gasteiger partial charge is 0.310 e. The van der Waals surface area contributed by atoms with Gasteiger partial charge in [-0.25, -0.2) is 0 Å². The molecule has 0 fully saturated rings. The van der Waals surface area contributed by atoms with Gasteiger partial charge < -0.3 is 4.57 Å². The van der Waals surface area contributed by atoms with Crippen LogP contribution in [0.1, 0.15) is 18.7 Å². The standard InChI is InChI=1S/C11H12N4/c1-3-7-12-9(5-1)11-14-13-10-6-2-4-8-15(10)11/h1,3,5,7H,2,4,6,8H2. The van der Waals surface area contributed by atoms with Crippen molar-refractivity contribution in [2.45, 2.75) is 25.8 Å². The van der Waals surface area contributed by atoms with Gasteiger partial charge in [-0.05, 0) is 25.0 Å². The third-order valence-electron chi connectivity index (χ3n) is 2.75. The van der Waals surface area contributed by atoms with Crippen molar-refractivity contribution < 1.29 is 0 Å². The van der Waals surface area contributed by atoms with Crippen molar-refractivity contribution in [2.24, 2.45) is 0 Å². The van der Waals surface area contributed by atoms with Gasteiger partial charge in [-0.1, -0.05) is 6.07 Å². The maximum Gasteiger partial charge on any atom is 0.182 e. The fourth-order valence-corrected chi connectivity index (χ4v) is 1.99. The van der Waals surface area contributed by atoms with Gasteiger partial charge in [0.15, 0.2) is 5.82 Å². The molecule has 3 rings (SSSR count). The highest BCUT2D eigenvalue weighted by molar-refractivity contribution is 5.49. The summed E-state index contributed by atoms with van der Waals surface area (Å²) < 4.78 is 2.19. The predicted octanol–water partition coefficient (Wildman–Crippen LogP) is 1.68. The van der Waals surface area contributed by atoms with Crippen molar-refractivity contribution >= 4 is 0 Å². The molecule has 0 spiro atoms. The highest BCUT2D eigenvalue weighted by Crippen LogP contribution is 2.20. The van der Waals surface area contributed by atoms with Crippen molar-refractivity contribution in [1.82, 2.24) is 19.7 Å². The van der Waals surface area contributed by atoms with Crippen molar-refractivity contribution in [2.75, 3.05) is 0 Å². The van der Waals surface area contributed by atoms with E-state index in [9.17, 15) is 0 Å². The highest BCUT2D eigenvalue weighted by atomic mass is 15.3. The van der Waals surface area contributed by atoms with Crippen LogP contribution in [0.4, 0.5) is 0 Å². The normalized spacial score (nSPS) is 14.9. The predicted molar refractivity (Wildman–Crippen MR) is 56.2 cm³/mol.